The summed E-state index contributed by atoms with van der Waals surface area (Å²) in [7, 11) is 0. The van der Waals surface area contributed by atoms with Crippen LogP contribution >= 0.6 is 0 Å². The Morgan fingerprint density at radius 2 is 1.69 bits per heavy atom. The van der Waals surface area contributed by atoms with E-state index in [2.05, 4.69) is 17.6 Å². The fourth-order valence-corrected chi connectivity index (χ4v) is 1.07. The molecular weight excluding hydrogens is 164 g/mol. The van der Waals surface area contributed by atoms with Crippen molar-refractivity contribution < 1.29 is 0 Å². The lowest BCUT2D eigenvalue weighted by atomic mass is 10.3. The van der Waals surface area contributed by atoms with Gasteiger partial charge in [-0.05, 0) is 45.9 Å². The van der Waals surface area contributed by atoms with Gasteiger partial charge in [0.25, 0.3) is 0 Å². The Kier molecular flexibility index (Phi) is 9.80. The molecule has 0 aliphatic rings. The lowest BCUT2D eigenvalue weighted by Gasteiger charge is -2.13. The Morgan fingerprint density at radius 1 is 1.08 bits per heavy atom. The first-order valence-electron chi connectivity index (χ1n) is 5.15. The van der Waals surface area contributed by atoms with Crippen molar-refractivity contribution in [3.05, 3.63) is 0 Å². The summed E-state index contributed by atoms with van der Waals surface area (Å²) in [6, 6.07) is 0.518. The van der Waals surface area contributed by atoms with Gasteiger partial charge in [0.2, 0.25) is 0 Å². The summed E-state index contributed by atoms with van der Waals surface area (Å²) in [4.78, 5) is 0. The van der Waals surface area contributed by atoms with Crippen molar-refractivity contribution >= 4 is 0 Å². The van der Waals surface area contributed by atoms with Crippen molar-refractivity contribution in [2.45, 2.75) is 25.8 Å². The Hall–Kier alpha value is -0.160. The molecule has 0 aromatic carbocycles. The summed E-state index contributed by atoms with van der Waals surface area (Å²) in [5.74, 6) is 0. The topological polar surface area (TPSA) is 76.1 Å². The first-order valence-corrected chi connectivity index (χ1v) is 5.15. The summed E-state index contributed by atoms with van der Waals surface area (Å²) < 4.78 is 0. The van der Waals surface area contributed by atoms with Gasteiger partial charge in [0.15, 0.2) is 0 Å². The Balaban J connectivity index is 3.05. The number of rotatable bonds is 9. The third-order valence-electron chi connectivity index (χ3n) is 1.88. The maximum Gasteiger partial charge on any atom is 0.0164 e. The molecule has 0 aromatic rings. The molecular formula is C9H24N4. The Bertz CT molecular complexity index is 97.6. The second-order valence-corrected chi connectivity index (χ2v) is 3.34. The zero-order chi connectivity index (χ0) is 9.94. The first-order chi connectivity index (χ1) is 6.31. The predicted molar refractivity (Wildman–Crippen MR) is 57.7 cm³/mol. The molecule has 0 aromatic heterocycles. The third kappa shape index (κ3) is 9.76. The smallest absolute Gasteiger partial charge is 0.0164 e. The van der Waals surface area contributed by atoms with Crippen LogP contribution in [0.2, 0.25) is 0 Å². The van der Waals surface area contributed by atoms with E-state index in [1.807, 2.05) is 0 Å². The number of hydrogen-bond donors (Lipinski definition) is 4. The van der Waals surface area contributed by atoms with Crippen molar-refractivity contribution in [3.8, 4) is 0 Å². The zero-order valence-corrected chi connectivity index (χ0v) is 8.68. The van der Waals surface area contributed by atoms with E-state index < -0.39 is 0 Å². The highest BCUT2D eigenvalue weighted by molar-refractivity contribution is 4.63. The lowest BCUT2D eigenvalue weighted by molar-refractivity contribution is 0.495. The molecule has 4 heteroatoms. The van der Waals surface area contributed by atoms with Gasteiger partial charge in [-0.1, -0.05) is 0 Å². The summed E-state index contributed by atoms with van der Waals surface area (Å²) in [5.41, 5.74) is 10.8. The molecule has 0 heterocycles. The molecule has 80 valence electrons. The van der Waals surface area contributed by atoms with Crippen LogP contribution in [-0.2, 0) is 0 Å². The molecule has 0 aliphatic carbocycles. The molecule has 0 radical (unpaired) electrons. The monoisotopic (exact) mass is 188 g/mol. The van der Waals surface area contributed by atoms with Crippen LogP contribution in [-0.4, -0.2) is 38.8 Å². The van der Waals surface area contributed by atoms with Gasteiger partial charge in [-0.2, -0.15) is 0 Å². The largest absolute Gasteiger partial charge is 0.330 e. The molecule has 0 aliphatic heterocycles. The maximum absolute atomic E-state index is 5.38. The maximum atomic E-state index is 5.38. The van der Waals surface area contributed by atoms with Crippen LogP contribution in [0.1, 0.15) is 19.8 Å². The summed E-state index contributed by atoms with van der Waals surface area (Å²) in [5, 5.41) is 6.73. The van der Waals surface area contributed by atoms with Gasteiger partial charge in [-0.3, -0.25) is 0 Å². The van der Waals surface area contributed by atoms with Gasteiger partial charge in [-0.25, -0.2) is 0 Å². The van der Waals surface area contributed by atoms with E-state index in [9.17, 15) is 0 Å². The van der Waals surface area contributed by atoms with E-state index in [-0.39, 0.29) is 0 Å². The van der Waals surface area contributed by atoms with Gasteiger partial charge < -0.3 is 22.1 Å². The van der Waals surface area contributed by atoms with Gasteiger partial charge >= 0.3 is 0 Å². The minimum Gasteiger partial charge on any atom is -0.330 e. The average Bonchev–Trinajstić information content (AvgIpc) is 2.13. The van der Waals surface area contributed by atoms with Gasteiger partial charge in [-0.15, -0.1) is 0 Å². The van der Waals surface area contributed by atoms with E-state index in [0.29, 0.717) is 6.04 Å². The molecule has 1 atom stereocenters. The molecule has 4 nitrogen and oxygen atoms in total. The van der Waals surface area contributed by atoms with Crippen LogP contribution in [0.15, 0.2) is 0 Å². The van der Waals surface area contributed by atoms with Crippen LogP contribution in [0.3, 0.4) is 0 Å². The molecule has 0 saturated carbocycles. The molecule has 0 rings (SSSR count). The van der Waals surface area contributed by atoms with Gasteiger partial charge in [0.1, 0.15) is 0 Å². The molecule has 13 heavy (non-hydrogen) atoms. The van der Waals surface area contributed by atoms with Crippen LogP contribution < -0.4 is 22.1 Å². The highest BCUT2D eigenvalue weighted by atomic mass is 15.0. The molecule has 0 spiro atoms. The Morgan fingerprint density at radius 3 is 2.31 bits per heavy atom. The average molecular weight is 188 g/mol. The standard InChI is InChI=1S/C9H24N4/c1-9(13-7-3-5-11)8-12-6-2-4-10/h9,12-13H,2-8,10-11H2,1H3. The quantitative estimate of drug-likeness (QED) is 0.359. The summed E-state index contributed by atoms with van der Waals surface area (Å²) in [6.45, 7) is 6.73. The van der Waals surface area contributed by atoms with E-state index in [4.69, 9.17) is 11.5 Å². The molecule has 0 amide bonds. The van der Waals surface area contributed by atoms with Crippen molar-refractivity contribution in [1.82, 2.24) is 10.6 Å². The molecule has 6 N–H and O–H groups in total. The number of nitrogens with one attached hydrogen (secondary N) is 2. The third-order valence-corrected chi connectivity index (χ3v) is 1.88. The van der Waals surface area contributed by atoms with Crippen molar-refractivity contribution in [3.63, 3.8) is 0 Å². The summed E-state index contributed by atoms with van der Waals surface area (Å²) >= 11 is 0. The van der Waals surface area contributed by atoms with E-state index in [1.165, 1.54) is 0 Å². The lowest BCUT2D eigenvalue weighted by Crippen LogP contribution is -2.37. The van der Waals surface area contributed by atoms with Crippen LogP contribution in [0, 0.1) is 0 Å². The molecule has 0 fully saturated rings. The fourth-order valence-electron chi connectivity index (χ4n) is 1.07. The first kappa shape index (κ1) is 12.8. The molecule has 0 bridgehead atoms. The van der Waals surface area contributed by atoms with E-state index in [1.54, 1.807) is 0 Å². The van der Waals surface area contributed by atoms with E-state index >= 15 is 0 Å². The molecule has 0 saturated heterocycles. The van der Waals surface area contributed by atoms with Crippen molar-refractivity contribution in [1.29, 1.82) is 0 Å². The predicted octanol–water partition coefficient (Wildman–Crippen LogP) is -0.748. The fraction of sp³-hybridized carbons (Fsp3) is 1.00. The van der Waals surface area contributed by atoms with Crippen molar-refractivity contribution in [2.24, 2.45) is 11.5 Å². The van der Waals surface area contributed by atoms with Crippen LogP contribution in [0.25, 0.3) is 0 Å². The van der Waals surface area contributed by atoms with Gasteiger partial charge in [0, 0.05) is 12.6 Å². The van der Waals surface area contributed by atoms with Crippen LogP contribution in [0.5, 0.6) is 0 Å². The second-order valence-electron chi connectivity index (χ2n) is 3.34. The highest BCUT2D eigenvalue weighted by Crippen LogP contribution is 1.80. The number of hydrogen-bond acceptors (Lipinski definition) is 4. The normalized spacial score (nSPS) is 13.2. The van der Waals surface area contributed by atoms with Gasteiger partial charge in [0.05, 0.1) is 0 Å². The number of nitrogens with two attached hydrogens (primary N) is 2. The Labute approximate surface area is 81.4 Å². The van der Waals surface area contributed by atoms with Crippen molar-refractivity contribution in [2.75, 3.05) is 32.7 Å². The highest BCUT2D eigenvalue weighted by Gasteiger charge is 1.98. The summed E-state index contributed by atoms with van der Waals surface area (Å²) in [6.07, 6.45) is 2.10. The minimum absolute atomic E-state index is 0.518. The van der Waals surface area contributed by atoms with E-state index in [0.717, 1.165) is 45.6 Å². The zero-order valence-electron chi connectivity index (χ0n) is 8.68. The second kappa shape index (κ2) is 9.92. The SMILES string of the molecule is CC(CNCCCN)NCCCN. The minimum atomic E-state index is 0.518. The van der Waals surface area contributed by atoms with Crippen LogP contribution in [0.4, 0.5) is 0 Å². The molecule has 1 unspecified atom stereocenters.